The van der Waals surface area contributed by atoms with E-state index in [4.69, 9.17) is 4.74 Å². The number of hydrogen-bond donors (Lipinski definition) is 2. The van der Waals surface area contributed by atoms with Gasteiger partial charge >= 0.3 is 0 Å². The minimum atomic E-state index is -0.0279. The number of aromatic nitrogens is 3. The number of aromatic amines is 1. The Balaban J connectivity index is 1.66. The highest BCUT2D eigenvalue weighted by Crippen LogP contribution is 2.19. The normalized spacial score (nSPS) is 10.4. The Bertz CT molecular complexity index is 581. The van der Waals surface area contributed by atoms with Gasteiger partial charge in [0.25, 0.3) is 0 Å². The molecule has 2 aromatic rings. The topological polar surface area (TPSA) is 79.9 Å². The molecule has 0 saturated heterocycles. The minimum absolute atomic E-state index is 0.0279. The summed E-state index contributed by atoms with van der Waals surface area (Å²) in [6.07, 6.45) is 2.43. The molecule has 2 rings (SSSR count). The van der Waals surface area contributed by atoms with E-state index >= 15 is 0 Å². The summed E-state index contributed by atoms with van der Waals surface area (Å²) in [4.78, 5) is 15.7. The molecular weight excluding hydrogens is 268 g/mol. The number of H-pyrrole nitrogens is 1. The number of benzene rings is 1. The van der Waals surface area contributed by atoms with Crippen LogP contribution in [-0.2, 0) is 11.2 Å². The zero-order valence-corrected chi connectivity index (χ0v) is 12.3. The maximum atomic E-state index is 11.7. The van der Waals surface area contributed by atoms with Crippen LogP contribution in [0, 0.1) is 13.8 Å². The maximum Gasteiger partial charge on any atom is 0.223 e. The van der Waals surface area contributed by atoms with Crippen LogP contribution < -0.4 is 10.1 Å². The summed E-state index contributed by atoms with van der Waals surface area (Å²) < 4.78 is 5.65. The summed E-state index contributed by atoms with van der Waals surface area (Å²) >= 11 is 0. The van der Waals surface area contributed by atoms with E-state index < -0.39 is 0 Å². The van der Waals surface area contributed by atoms with Gasteiger partial charge in [-0.05, 0) is 31.0 Å². The first-order valence-electron chi connectivity index (χ1n) is 6.96. The second-order valence-corrected chi connectivity index (χ2v) is 4.90. The van der Waals surface area contributed by atoms with E-state index in [1.807, 2.05) is 32.0 Å². The van der Waals surface area contributed by atoms with Crippen LogP contribution in [0.3, 0.4) is 0 Å². The van der Waals surface area contributed by atoms with Gasteiger partial charge in [-0.15, -0.1) is 0 Å². The maximum absolute atomic E-state index is 11.7. The number of hydrogen-bond acceptors (Lipinski definition) is 4. The third kappa shape index (κ3) is 4.91. The van der Waals surface area contributed by atoms with Crippen molar-refractivity contribution >= 4 is 5.91 Å². The van der Waals surface area contributed by atoms with E-state index in [0.29, 0.717) is 26.0 Å². The number of amides is 1. The molecule has 6 heteroatoms. The van der Waals surface area contributed by atoms with Crippen LogP contribution in [0.4, 0.5) is 0 Å². The SMILES string of the molecule is Cc1ccc(C)c(OCCC(=O)NCCc2ncn[nH]2)c1. The Labute approximate surface area is 123 Å². The van der Waals surface area contributed by atoms with Crippen molar-refractivity contribution in [1.82, 2.24) is 20.5 Å². The van der Waals surface area contributed by atoms with Crippen molar-refractivity contribution in [2.45, 2.75) is 26.7 Å². The van der Waals surface area contributed by atoms with E-state index in [1.54, 1.807) is 0 Å². The molecule has 0 aliphatic heterocycles. The molecule has 1 amide bonds. The first kappa shape index (κ1) is 15.0. The Morgan fingerprint density at radius 2 is 2.24 bits per heavy atom. The predicted octanol–water partition coefficient (Wildman–Crippen LogP) is 1.55. The van der Waals surface area contributed by atoms with Gasteiger partial charge in [-0.2, -0.15) is 5.10 Å². The van der Waals surface area contributed by atoms with Gasteiger partial charge < -0.3 is 10.1 Å². The molecule has 0 aliphatic carbocycles. The number of carbonyl (C=O) groups is 1. The highest BCUT2D eigenvalue weighted by atomic mass is 16.5. The average molecular weight is 288 g/mol. The Hall–Kier alpha value is -2.37. The molecule has 6 nitrogen and oxygen atoms in total. The first-order valence-corrected chi connectivity index (χ1v) is 6.96. The third-order valence-corrected chi connectivity index (χ3v) is 3.08. The molecule has 0 aliphatic rings. The zero-order chi connectivity index (χ0) is 15.1. The molecule has 1 aromatic heterocycles. The van der Waals surface area contributed by atoms with Crippen LogP contribution in [0.5, 0.6) is 5.75 Å². The van der Waals surface area contributed by atoms with Crippen LogP contribution in [0.15, 0.2) is 24.5 Å². The summed E-state index contributed by atoms with van der Waals surface area (Å²) in [5.74, 6) is 1.58. The van der Waals surface area contributed by atoms with Gasteiger partial charge in [-0.3, -0.25) is 9.89 Å². The quantitative estimate of drug-likeness (QED) is 0.810. The zero-order valence-electron chi connectivity index (χ0n) is 12.3. The Morgan fingerprint density at radius 1 is 1.38 bits per heavy atom. The van der Waals surface area contributed by atoms with Gasteiger partial charge in [-0.25, -0.2) is 4.98 Å². The standard InChI is InChI=1S/C15H20N4O2/c1-11-3-4-12(2)13(9-11)21-8-6-15(20)16-7-5-14-17-10-18-19-14/h3-4,9-10H,5-8H2,1-2H3,(H,16,20)(H,17,18,19). The van der Waals surface area contributed by atoms with Gasteiger partial charge in [0.2, 0.25) is 5.91 Å². The fraction of sp³-hybridized carbons (Fsp3) is 0.400. The number of rotatable bonds is 7. The lowest BCUT2D eigenvalue weighted by molar-refractivity contribution is -0.121. The molecule has 0 fully saturated rings. The minimum Gasteiger partial charge on any atom is -0.493 e. The van der Waals surface area contributed by atoms with Gasteiger partial charge in [-0.1, -0.05) is 12.1 Å². The van der Waals surface area contributed by atoms with Gasteiger partial charge in [0.05, 0.1) is 13.0 Å². The van der Waals surface area contributed by atoms with E-state index in [-0.39, 0.29) is 5.91 Å². The fourth-order valence-corrected chi connectivity index (χ4v) is 1.88. The molecule has 1 heterocycles. The fourth-order valence-electron chi connectivity index (χ4n) is 1.88. The molecule has 0 unspecified atom stereocenters. The second-order valence-electron chi connectivity index (χ2n) is 4.90. The van der Waals surface area contributed by atoms with E-state index in [2.05, 4.69) is 20.5 Å². The van der Waals surface area contributed by atoms with Crippen LogP contribution in [0.1, 0.15) is 23.4 Å². The molecule has 1 aromatic carbocycles. The lowest BCUT2D eigenvalue weighted by Crippen LogP contribution is -2.27. The smallest absolute Gasteiger partial charge is 0.223 e. The molecule has 0 radical (unpaired) electrons. The van der Waals surface area contributed by atoms with Crippen LogP contribution in [-0.4, -0.2) is 34.2 Å². The predicted molar refractivity (Wildman–Crippen MR) is 79.1 cm³/mol. The van der Waals surface area contributed by atoms with Crippen molar-refractivity contribution < 1.29 is 9.53 Å². The van der Waals surface area contributed by atoms with Crippen LogP contribution in [0.2, 0.25) is 0 Å². The summed E-state index contributed by atoms with van der Waals surface area (Å²) in [6, 6.07) is 6.04. The van der Waals surface area contributed by atoms with Gasteiger partial charge in [0.15, 0.2) is 0 Å². The summed E-state index contributed by atoms with van der Waals surface area (Å²) in [6.45, 7) is 4.92. The Morgan fingerprint density at radius 3 is 3.00 bits per heavy atom. The van der Waals surface area contributed by atoms with Crippen molar-refractivity contribution in [3.8, 4) is 5.75 Å². The number of ether oxygens (including phenoxy) is 1. The highest BCUT2D eigenvalue weighted by Gasteiger charge is 2.04. The monoisotopic (exact) mass is 288 g/mol. The van der Waals surface area contributed by atoms with Crippen molar-refractivity contribution in [2.24, 2.45) is 0 Å². The lowest BCUT2D eigenvalue weighted by atomic mass is 10.1. The van der Waals surface area contributed by atoms with Crippen molar-refractivity contribution in [3.05, 3.63) is 41.5 Å². The molecule has 0 bridgehead atoms. The summed E-state index contributed by atoms with van der Waals surface area (Å²) in [7, 11) is 0. The largest absolute Gasteiger partial charge is 0.493 e. The van der Waals surface area contributed by atoms with Crippen molar-refractivity contribution in [2.75, 3.05) is 13.2 Å². The second kappa shape index (κ2) is 7.42. The third-order valence-electron chi connectivity index (χ3n) is 3.08. The summed E-state index contributed by atoms with van der Waals surface area (Å²) in [5.41, 5.74) is 2.22. The molecule has 0 atom stereocenters. The number of nitrogens with zero attached hydrogens (tertiary/aromatic N) is 2. The van der Waals surface area contributed by atoms with Crippen LogP contribution in [0.25, 0.3) is 0 Å². The first-order chi connectivity index (χ1) is 10.1. The number of carbonyl (C=O) groups excluding carboxylic acids is 1. The van der Waals surface area contributed by atoms with E-state index in [0.717, 1.165) is 22.7 Å². The van der Waals surface area contributed by atoms with Crippen LogP contribution >= 0.6 is 0 Å². The molecule has 2 N–H and O–H groups in total. The van der Waals surface area contributed by atoms with E-state index in [9.17, 15) is 4.79 Å². The molecule has 21 heavy (non-hydrogen) atoms. The number of aryl methyl sites for hydroxylation is 2. The molecule has 0 spiro atoms. The molecule has 0 saturated carbocycles. The molecular formula is C15H20N4O2. The van der Waals surface area contributed by atoms with Gasteiger partial charge in [0.1, 0.15) is 17.9 Å². The van der Waals surface area contributed by atoms with E-state index in [1.165, 1.54) is 6.33 Å². The van der Waals surface area contributed by atoms with Crippen molar-refractivity contribution in [1.29, 1.82) is 0 Å². The summed E-state index contributed by atoms with van der Waals surface area (Å²) in [5, 5.41) is 9.33. The average Bonchev–Trinajstić information content (AvgIpc) is 2.96. The highest BCUT2D eigenvalue weighted by molar-refractivity contribution is 5.75. The lowest BCUT2D eigenvalue weighted by Gasteiger charge is -2.10. The van der Waals surface area contributed by atoms with Gasteiger partial charge in [0, 0.05) is 13.0 Å². The Kier molecular flexibility index (Phi) is 5.31. The number of nitrogens with one attached hydrogen (secondary N) is 2. The molecule has 112 valence electrons. The van der Waals surface area contributed by atoms with Crippen molar-refractivity contribution in [3.63, 3.8) is 0 Å².